The first-order valence-electron chi connectivity index (χ1n) is 6.17. The standard InChI is InChI=1S/C14H15N3O/c1-10-9-12(16-15-10)14(18)17-8-4-6-11-5-2-3-7-13(11)17/h2-3,5,7,9H,4,6,8H2,1H3,(H,15,16). The average Bonchev–Trinajstić information content (AvgIpc) is 2.84. The van der Waals surface area contributed by atoms with Gasteiger partial charge in [0.2, 0.25) is 0 Å². The number of aromatic amines is 1. The van der Waals surface area contributed by atoms with E-state index in [-0.39, 0.29) is 5.91 Å². The van der Waals surface area contributed by atoms with Crippen molar-refractivity contribution in [2.45, 2.75) is 19.8 Å². The molecule has 0 saturated carbocycles. The lowest BCUT2D eigenvalue weighted by molar-refractivity contribution is 0.0980. The van der Waals surface area contributed by atoms with Crippen LogP contribution in [0.5, 0.6) is 0 Å². The molecule has 1 aromatic carbocycles. The summed E-state index contributed by atoms with van der Waals surface area (Å²) in [4.78, 5) is 14.2. The predicted molar refractivity (Wildman–Crippen MR) is 69.8 cm³/mol. The topological polar surface area (TPSA) is 49.0 Å². The molecule has 0 radical (unpaired) electrons. The van der Waals surface area contributed by atoms with E-state index in [1.165, 1.54) is 5.56 Å². The van der Waals surface area contributed by atoms with Crippen molar-refractivity contribution < 1.29 is 4.79 Å². The Morgan fingerprint density at radius 2 is 2.22 bits per heavy atom. The molecule has 1 amide bonds. The Morgan fingerprint density at radius 3 is 3.00 bits per heavy atom. The summed E-state index contributed by atoms with van der Waals surface area (Å²) in [5, 5.41) is 6.86. The lowest BCUT2D eigenvalue weighted by Crippen LogP contribution is -2.35. The third-order valence-electron chi connectivity index (χ3n) is 3.28. The number of nitrogens with zero attached hydrogens (tertiary/aromatic N) is 2. The number of hydrogen-bond acceptors (Lipinski definition) is 2. The Hall–Kier alpha value is -2.10. The molecule has 3 rings (SSSR count). The van der Waals surface area contributed by atoms with Gasteiger partial charge in [-0.25, -0.2) is 0 Å². The van der Waals surface area contributed by atoms with E-state index in [2.05, 4.69) is 16.3 Å². The molecule has 0 unspecified atom stereocenters. The Kier molecular flexibility index (Phi) is 2.63. The molecule has 92 valence electrons. The van der Waals surface area contributed by atoms with Crippen molar-refractivity contribution in [3.63, 3.8) is 0 Å². The van der Waals surface area contributed by atoms with E-state index in [1.807, 2.05) is 30.0 Å². The number of benzene rings is 1. The van der Waals surface area contributed by atoms with Crippen LogP contribution in [-0.2, 0) is 6.42 Å². The van der Waals surface area contributed by atoms with Crippen LogP contribution in [0, 0.1) is 6.92 Å². The molecular weight excluding hydrogens is 226 g/mol. The number of anilines is 1. The van der Waals surface area contributed by atoms with Gasteiger partial charge in [0.1, 0.15) is 0 Å². The van der Waals surface area contributed by atoms with Gasteiger partial charge in [-0.3, -0.25) is 9.89 Å². The van der Waals surface area contributed by atoms with E-state index in [9.17, 15) is 4.79 Å². The summed E-state index contributed by atoms with van der Waals surface area (Å²) in [6.45, 7) is 2.66. The van der Waals surface area contributed by atoms with Gasteiger partial charge >= 0.3 is 0 Å². The minimum Gasteiger partial charge on any atom is -0.307 e. The normalized spacial score (nSPS) is 14.4. The van der Waals surface area contributed by atoms with Gasteiger partial charge in [0.25, 0.3) is 5.91 Å². The molecule has 0 spiro atoms. The number of aryl methyl sites for hydroxylation is 2. The minimum absolute atomic E-state index is 0.0218. The van der Waals surface area contributed by atoms with E-state index in [0.717, 1.165) is 30.8 Å². The first kappa shape index (κ1) is 11.0. The van der Waals surface area contributed by atoms with Gasteiger partial charge < -0.3 is 4.90 Å². The number of rotatable bonds is 1. The number of carbonyl (C=O) groups is 1. The first-order valence-corrected chi connectivity index (χ1v) is 6.17. The maximum absolute atomic E-state index is 12.4. The maximum atomic E-state index is 12.4. The highest BCUT2D eigenvalue weighted by atomic mass is 16.2. The van der Waals surface area contributed by atoms with E-state index in [1.54, 1.807) is 6.07 Å². The van der Waals surface area contributed by atoms with Crippen LogP contribution in [0.3, 0.4) is 0 Å². The van der Waals surface area contributed by atoms with E-state index < -0.39 is 0 Å². The third kappa shape index (κ3) is 1.79. The summed E-state index contributed by atoms with van der Waals surface area (Å²) >= 11 is 0. The van der Waals surface area contributed by atoms with Crippen LogP contribution in [-0.4, -0.2) is 22.6 Å². The number of aromatic nitrogens is 2. The largest absolute Gasteiger partial charge is 0.307 e. The smallest absolute Gasteiger partial charge is 0.278 e. The highest BCUT2D eigenvalue weighted by Gasteiger charge is 2.24. The van der Waals surface area contributed by atoms with E-state index in [0.29, 0.717) is 5.69 Å². The van der Waals surface area contributed by atoms with Crippen LogP contribution in [0.2, 0.25) is 0 Å². The summed E-state index contributed by atoms with van der Waals surface area (Å²) in [5.41, 5.74) is 3.66. The zero-order chi connectivity index (χ0) is 12.5. The molecule has 1 aliphatic rings. The van der Waals surface area contributed by atoms with Gasteiger partial charge in [-0.1, -0.05) is 18.2 Å². The van der Waals surface area contributed by atoms with Crippen LogP contribution in [0.15, 0.2) is 30.3 Å². The fourth-order valence-corrected chi connectivity index (χ4v) is 2.41. The average molecular weight is 241 g/mol. The van der Waals surface area contributed by atoms with E-state index >= 15 is 0 Å². The molecule has 4 nitrogen and oxygen atoms in total. The second-order valence-electron chi connectivity index (χ2n) is 4.63. The fourth-order valence-electron chi connectivity index (χ4n) is 2.41. The van der Waals surface area contributed by atoms with Crippen molar-refractivity contribution in [3.8, 4) is 0 Å². The molecule has 1 aliphatic heterocycles. The van der Waals surface area contributed by atoms with Gasteiger partial charge in [-0.15, -0.1) is 0 Å². The lowest BCUT2D eigenvalue weighted by atomic mass is 10.0. The quantitative estimate of drug-likeness (QED) is 0.833. The highest BCUT2D eigenvalue weighted by Crippen LogP contribution is 2.27. The van der Waals surface area contributed by atoms with Crippen LogP contribution in [0.4, 0.5) is 5.69 Å². The number of carbonyl (C=O) groups excluding carboxylic acids is 1. The first-order chi connectivity index (χ1) is 8.75. The number of H-pyrrole nitrogens is 1. The van der Waals surface area contributed by atoms with Gasteiger partial charge in [-0.05, 0) is 37.5 Å². The number of fused-ring (bicyclic) bond motifs is 1. The second kappa shape index (κ2) is 4.29. The number of para-hydroxylation sites is 1. The molecule has 18 heavy (non-hydrogen) atoms. The summed E-state index contributed by atoms with van der Waals surface area (Å²) < 4.78 is 0. The molecule has 0 atom stereocenters. The second-order valence-corrected chi connectivity index (χ2v) is 4.63. The molecule has 2 heterocycles. The summed E-state index contributed by atoms with van der Waals surface area (Å²) in [5.74, 6) is -0.0218. The Bertz CT molecular complexity index is 588. The van der Waals surface area contributed by atoms with Gasteiger partial charge in [0, 0.05) is 17.9 Å². The van der Waals surface area contributed by atoms with Gasteiger partial charge in [-0.2, -0.15) is 5.10 Å². The molecule has 2 aromatic rings. The van der Waals surface area contributed by atoms with Crippen LogP contribution in [0.1, 0.15) is 28.2 Å². The minimum atomic E-state index is -0.0218. The SMILES string of the molecule is Cc1cc(C(=O)N2CCCc3ccccc32)n[nH]1. The molecule has 0 bridgehead atoms. The Morgan fingerprint density at radius 1 is 1.39 bits per heavy atom. The van der Waals surface area contributed by atoms with Gasteiger partial charge in [0.15, 0.2) is 5.69 Å². The molecule has 0 fully saturated rings. The van der Waals surface area contributed by atoms with Crippen molar-refractivity contribution in [3.05, 3.63) is 47.3 Å². The van der Waals surface area contributed by atoms with Crippen LogP contribution < -0.4 is 4.90 Å². The summed E-state index contributed by atoms with van der Waals surface area (Å²) in [7, 11) is 0. The molecule has 0 aliphatic carbocycles. The summed E-state index contributed by atoms with van der Waals surface area (Å²) in [6.07, 6.45) is 2.05. The molecule has 1 N–H and O–H groups in total. The van der Waals surface area contributed by atoms with Crippen LogP contribution in [0.25, 0.3) is 0 Å². The van der Waals surface area contributed by atoms with E-state index in [4.69, 9.17) is 0 Å². The summed E-state index contributed by atoms with van der Waals surface area (Å²) in [6, 6.07) is 9.88. The predicted octanol–water partition coefficient (Wildman–Crippen LogP) is 2.31. The maximum Gasteiger partial charge on any atom is 0.278 e. The molecule has 0 saturated heterocycles. The van der Waals surface area contributed by atoms with Crippen molar-refractivity contribution in [1.82, 2.24) is 10.2 Å². The molecular formula is C14H15N3O. The van der Waals surface area contributed by atoms with Crippen molar-refractivity contribution in [2.75, 3.05) is 11.4 Å². The molecule has 1 aromatic heterocycles. The highest BCUT2D eigenvalue weighted by molar-refractivity contribution is 6.05. The zero-order valence-corrected chi connectivity index (χ0v) is 10.3. The fraction of sp³-hybridized carbons (Fsp3) is 0.286. The third-order valence-corrected chi connectivity index (χ3v) is 3.28. The molecule has 4 heteroatoms. The monoisotopic (exact) mass is 241 g/mol. The number of amides is 1. The Balaban J connectivity index is 1.96. The number of hydrogen-bond donors (Lipinski definition) is 1. The van der Waals surface area contributed by atoms with Crippen molar-refractivity contribution >= 4 is 11.6 Å². The van der Waals surface area contributed by atoms with Crippen molar-refractivity contribution in [1.29, 1.82) is 0 Å². The Labute approximate surface area is 106 Å². The lowest BCUT2D eigenvalue weighted by Gasteiger charge is -2.28. The number of nitrogens with one attached hydrogen (secondary N) is 1. The zero-order valence-electron chi connectivity index (χ0n) is 10.3. The van der Waals surface area contributed by atoms with Crippen LogP contribution >= 0.6 is 0 Å². The van der Waals surface area contributed by atoms with Crippen molar-refractivity contribution in [2.24, 2.45) is 0 Å². The van der Waals surface area contributed by atoms with Gasteiger partial charge in [0.05, 0.1) is 0 Å².